The van der Waals surface area contributed by atoms with Gasteiger partial charge in [-0.3, -0.25) is 14.3 Å². The van der Waals surface area contributed by atoms with Gasteiger partial charge in [0, 0.05) is 25.2 Å². The van der Waals surface area contributed by atoms with E-state index in [0.717, 1.165) is 4.57 Å². The van der Waals surface area contributed by atoms with Crippen molar-refractivity contribution >= 4 is 11.0 Å². The van der Waals surface area contributed by atoms with Crippen molar-refractivity contribution in [2.45, 2.75) is 13.5 Å². The van der Waals surface area contributed by atoms with E-state index in [2.05, 4.69) is 10.1 Å². The number of aromatic nitrogens is 4. The Morgan fingerprint density at radius 1 is 1.21 bits per heavy atom. The van der Waals surface area contributed by atoms with Crippen LogP contribution in [0.1, 0.15) is 6.92 Å². The van der Waals surface area contributed by atoms with E-state index in [4.69, 9.17) is 9.47 Å². The lowest BCUT2D eigenvalue weighted by molar-refractivity contribution is 0.395. The lowest BCUT2D eigenvalue weighted by Crippen LogP contribution is -2.32. The van der Waals surface area contributed by atoms with E-state index in [1.54, 1.807) is 30.0 Å². The Labute approximate surface area is 137 Å². The third-order valence-electron chi connectivity index (χ3n) is 3.96. The molecule has 0 atom stereocenters. The molecule has 0 spiro atoms. The van der Waals surface area contributed by atoms with E-state index in [9.17, 15) is 9.59 Å². The van der Waals surface area contributed by atoms with Gasteiger partial charge in [0.2, 0.25) is 0 Å². The van der Waals surface area contributed by atoms with Gasteiger partial charge in [-0.25, -0.2) is 9.48 Å². The molecule has 0 radical (unpaired) electrons. The lowest BCUT2D eigenvalue weighted by Gasteiger charge is -2.08. The second kappa shape index (κ2) is 5.88. The van der Waals surface area contributed by atoms with E-state index in [1.165, 1.54) is 14.2 Å². The zero-order chi connectivity index (χ0) is 17.4. The van der Waals surface area contributed by atoms with Gasteiger partial charge in [-0.2, -0.15) is 5.10 Å². The van der Waals surface area contributed by atoms with Crippen LogP contribution in [0.15, 0.2) is 27.8 Å². The number of fused-ring (bicyclic) bond motifs is 1. The minimum atomic E-state index is -0.477. The number of ether oxygens (including phenoxy) is 2. The first-order chi connectivity index (χ1) is 11.5. The van der Waals surface area contributed by atoms with E-state index in [0.29, 0.717) is 40.3 Å². The van der Waals surface area contributed by atoms with Gasteiger partial charge < -0.3 is 9.47 Å². The molecule has 0 amide bonds. The number of benzene rings is 1. The minimum absolute atomic E-state index is 0.349. The number of nitrogens with zero attached hydrogens (tertiary/aromatic N) is 3. The standard InChI is InChI=1S/C16H18N4O4/c1-5-20-14-12(15(21)19(2)16(22)17-14)13(18-20)10-7-6-9(23-3)8-11(10)24-4/h6-8H,5H2,1-4H3,(H,17,22). The Hall–Kier alpha value is -3.03. The van der Waals surface area contributed by atoms with Crippen LogP contribution in [0.5, 0.6) is 11.5 Å². The summed E-state index contributed by atoms with van der Waals surface area (Å²) in [7, 11) is 4.53. The van der Waals surface area contributed by atoms with Crippen LogP contribution >= 0.6 is 0 Å². The number of nitrogens with one attached hydrogen (secondary N) is 1. The third-order valence-corrected chi connectivity index (χ3v) is 3.96. The fourth-order valence-corrected chi connectivity index (χ4v) is 2.65. The van der Waals surface area contributed by atoms with E-state index in [1.807, 2.05) is 6.92 Å². The molecule has 0 aliphatic heterocycles. The summed E-state index contributed by atoms with van der Waals surface area (Å²) < 4.78 is 13.2. The predicted octanol–water partition coefficient (Wildman–Crippen LogP) is 1.13. The number of hydrogen-bond donors (Lipinski definition) is 1. The van der Waals surface area contributed by atoms with Crippen molar-refractivity contribution in [1.29, 1.82) is 0 Å². The molecule has 3 rings (SSSR count). The van der Waals surface area contributed by atoms with Crippen molar-refractivity contribution in [2.24, 2.45) is 7.05 Å². The summed E-state index contributed by atoms with van der Waals surface area (Å²) in [4.78, 5) is 27.2. The van der Waals surface area contributed by atoms with Crippen molar-refractivity contribution in [1.82, 2.24) is 19.3 Å². The maximum atomic E-state index is 12.6. The monoisotopic (exact) mass is 330 g/mol. The maximum Gasteiger partial charge on any atom is 0.329 e. The first kappa shape index (κ1) is 15.9. The molecule has 2 heterocycles. The molecule has 0 unspecified atom stereocenters. The van der Waals surface area contributed by atoms with Crippen molar-refractivity contribution in [3.8, 4) is 22.8 Å². The van der Waals surface area contributed by atoms with Crippen LogP contribution in [0.2, 0.25) is 0 Å². The number of methoxy groups -OCH3 is 2. The molecular formula is C16H18N4O4. The second-order valence-electron chi connectivity index (χ2n) is 5.25. The molecule has 3 aromatic rings. The highest BCUT2D eigenvalue weighted by molar-refractivity contribution is 5.92. The van der Waals surface area contributed by atoms with Gasteiger partial charge >= 0.3 is 5.69 Å². The number of rotatable bonds is 4. The molecule has 8 nitrogen and oxygen atoms in total. The average Bonchev–Trinajstić information content (AvgIpc) is 2.97. The van der Waals surface area contributed by atoms with Crippen LogP contribution in [0.4, 0.5) is 0 Å². The van der Waals surface area contributed by atoms with E-state index < -0.39 is 11.2 Å². The molecular weight excluding hydrogens is 312 g/mol. The fraction of sp³-hybridized carbons (Fsp3) is 0.312. The minimum Gasteiger partial charge on any atom is -0.497 e. The van der Waals surface area contributed by atoms with Gasteiger partial charge in [0.25, 0.3) is 5.56 Å². The lowest BCUT2D eigenvalue weighted by atomic mass is 10.1. The topological polar surface area (TPSA) is 91.1 Å². The van der Waals surface area contributed by atoms with Crippen molar-refractivity contribution < 1.29 is 9.47 Å². The Morgan fingerprint density at radius 3 is 2.58 bits per heavy atom. The SMILES string of the molecule is CCn1nc(-c2ccc(OC)cc2OC)c2c(=O)n(C)c(=O)[nH]c21. The molecule has 0 bridgehead atoms. The molecule has 1 N–H and O–H groups in total. The predicted molar refractivity (Wildman–Crippen MR) is 89.8 cm³/mol. The van der Waals surface area contributed by atoms with Crippen LogP contribution in [0.25, 0.3) is 22.3 Å². The van der Waals surface area contributed by atoms with Crippen molar-refractivity contribution in [2.75, 3.05) is 14.2 Å². The molecule has 2 aromatic heterocycles. The fourth-order valence-electron chi connectivity index (χ4n) is 2.65. The van der Waals surface area contributed by atoms with E-state index >= 15 is 0 Å². The van der Waals surface area contributed by atoms with Crippen LogP contribution in [0, 0.1) is 0 Å². The zero-order valence-electron chi connectivity index (χ0n) is 13.9. The summed E-state index contributed by atoms with van der Waals surface area (Å²) in [6, 6.07) is 5.27. The maximum absolute atomic E-state index is 12.6. The Balaban J connectivity index is 2.41. The first-order valence-electron chi connectivity index (χ1n) is 7.44. The molecule has 0 fully saturated rings. The number of aromatic amines is 1. The molecule has 0 saturated carbocycles. The van der Waals surface area contributed by atoms with Gasteiger partial charge in [-0.1, -0.05) is 0 Å². The summed E-state index contributed by atoms with van der Waals surface area (Å²) in [5.41, 5.74) is 0.637. The quantitative estimate of drug-likeness (QED) is 0.774. The van der Waals surface area contributed by atoms with Gasteiger partial charge in [0.05, 0.1) is 14.2 Å². The average molecular weight is 330 g/mol. The molecule has 0 saturated heterocycles. The molecule has 8 heteroatoms. The van der Waals surface area contributed by atoms with Crippen LogP contribution in [0.3, 0.4) is 0 Å². The number of hydrogen-bond acceptors (Lipinski definition) is 5. The first-order valence-corrected chi connectivity index (χ1v) is 7.44. The normalized spacial score (nSPS) is 11.0. The Morgan fingerprint density at radius 2 is 1.96 bits per heavy atom. The number of aryl methyl sites for hydroxylation is 1. The summed E-state index contributed by atoms with van der Waals surface area (Å²) in [5, 5.41) is 4.85. The summed E-state index contributed by atoms with van der Waals surface area (Å²) in [5.74, 6) is 1.17. The summed E-state index contributed by atoms with van der Waals surface area (Å²) in [6.45, 7) is 2.40. The van der Waals surface area contributed by atoms with Gasteiger partial charge in [0.1, 0.15) is 28.2 Å². The van der Waals surface area contributed by atoms with E-state index in [-0.39, 0.29) is 0 Å². The molecule has 1 aromatic carbocycles. The van der Waals surface area contributed by atoms with Crippen LogP contribution < -0.4 is 20.7 Å². The van der Waals surface area contributed by atoms with Gasteiger partial charge in [-0.05, 0) is 19.1 Å². The molecule has 24 heavy (non-hydrogen) atoms. The third kappa shape index (κ3) is 2.27. The van der Waals surface area contributed by atoms with Crippen LogP contribution in [-0.4, -0.2) is 33.6 Å². The summed E-state index contributed by atoms with van der Waals surface area (Å²) >= 11 is 0. The molecule has 0 aliphatic rings. The highest BCUT2D eigenvalue weighted by atomic mass is 16.5. The van der Waals surface area contributed by atoms with Crippen LogP contribution in [-0.2, 0) is 13.6 Å². The van der Waals surface area contributed by atoms with Gasteiger partial charge in [0.15, 0.2) is 0 Å². The van der Waals surface area contributed by atoms with Crippen molar-refractivity contribution in [3.05, 3.63) is 39.0 Å². The molecule has 126 valence electrons. The zero-order valence-corrected chi connectivity index (χ0v) is 13.9. The second-order valence-corrected chi connectivity index (χ2v) is 5.25. The largest absolute Gasteiger partial charge is 0.497 e. The van der Waals surface area contributed by atoms with Gasteiger partial charge in [-0.15, -0.1) is 0 Å². The number of H-pyrrole nitrogens is 1. The van der Waals surface area contributed by atoms with Crippen molar-refractivity contribution in [3.63, 3.8) is 0 Å². The smallest absolute Gasteiger partial charge is 0.329 e. The molecule has 0 aliphatic carbocycles. The highest BCUT2D eigenvalue weighted by Gasteiger charge is 2.20. The summed E-state index contributed by atoms with van der Waals surface area (Å²) in [6.07, 6.45) is 0. The Bertz CT molecular complexity index is 1030. The highest BCUT2D eigenvalue weighted by Crippen LogP contribution is 2.34. The Kier molecular flexibility index (Phi) is 3.88.